The summed E-state index contributed by atoms with van der Waals surface area (Å²) in [6.45, 7) is 6.15. The lowest BCUT2D eigenvalue weighted by Gasteiger charge is -2.20. The first-order valence-corrected chi connectivity index (χ1v) is 6.89. The van der Waals surface area contributed by atoms with E-state index in [-0.39, 0.29) is 6.61 Å². The molecule has 1 atom stereocenters. The second-order valence-corrected chi connectivity index (χ2v) is 4.34. The van der Waals surface area contributed by atoms with Crippen molar-refractivity contribution in [2.24, 2.45) is 0 Å². The Balaban J connectivity index is 2.65. The van der Waals surface area contributed by atoms with E-state index in [4.69, 9.17) is 9.84 Å². The Kier molecular flexibility index (Phi) is 7.46. The molecule has 0 fully saturated rings. The van der Waals surface area contributed by atoms with Crippen molar-refractivity contribution in [3.63, 3.8) is 0 Å². The van der Waals surface area contributed by atoms with Crippen LogP contribution in [0.2, 0.25) is 0 Å². The fourth-order valence-electron chi connectivity index (χ4n) is 2.02. The van der Waals surface area contributed by atoms with Crippen LogP contribution in [0.3, 0.4) is 0 Å². The number of unbranched alkanes of at least 4 members (excludes halogenated alkanes) is 1. The molecule has 0 bridgehead atoms. The highest BCUT2D eigenvalue weighted by Gasteiger charge is 2.12. The molecule has 2 N–H and O–H groups in total. The Morgan fingerprint density at radius 1 is 1.22 bits per heavy atom. The summed E-state index contributed by atoms with van der Waals surface area (Å²) in [4.78, 5) is 0. The van der Waals surface area contributed by atoms with Crippen LogP contribution in [0.15, 0.2) is 24.3 Å². The molecule has 0 heterocycles. The first-order valence-electron chi connectivity index (χ1n) is 6.89. The van der Waals surface area contributed by atoms with E-state index in [1.807, 2.05) is 12.1 Å². The zero-order valence-corrected chi connectivity index (χ0v) is 11.5. The maximum Gasteiger partial charge on any atom is 0.124 e. The second-order valence-electron chi connectivity index (χ2n) is 4.34. The average Bonchev–Trinajstić information content (AvgIpc) is 2.42. The Labute approximate surface area is 110 Å². The highest BCUT2D eigenvalue weighted by atomic mass is 16.5. The fourth-order valence-corrected chi connectivity index (χ4v) is 2.02. The van der Waals surface area contributed by atoms with Crippen molar-refractivity contribution in [2.45, 2.75) is 39.2 Å². The Morgan fingerprint density at radius 3 is 2.67 bits per heavy atom. The summed E-state index contributed by atoms with van der Waals surface area (Å²) >= 11 is 0. The third-order valence-corrected chi connectivity index (χ3v) is 2.96. The van der Waals surface area contributed by atoms with E-state index in [1.54, 1.807) is 0 Å². The molecular weight excluding hydrogens is 226 g/mol. The largest absolute Gasteiger partial charge is 0.493 e. The van der Waals surface area contributed by atoms with Crippen molar-refractivity contribution in [1.29, 1.82) is 0 Å². The van der Waals surface area contributed by atoms with Gasteiger partial charge in [0.1, 0.15) is 5.75 Å². The quantitative estimate of drug-likeness (QED) is 0.663. The minimum absolute atomic E-state index is 0.236. The highest BCUT2D eigenvalue weighted by molar-refractivity contribution is 5.35. The normalized spacial score (nSPS) is 12.4. The smallest absolute Gasteiger partial charge is 0.124 e. The molecule has 102 valence electrons. The fraction of sp³-hybridized carbons (Fsp3) is 0.600. The molecule has 1 unspecified atom stereocenters. The molecule has 3 heteroatoms. The number of rotatable bonds is 9. The standard InChI is InChI=1S/C15H25NO2/c1-3-14(16-4-2)13-9-5-6-10-15(13)18-12-8-7-11-17/h5-6,9-10,14,16-17H,3-4,7-8,11-12H2,1-2H3. The molecule has 0 aliphatic heterocycles. The van der Waals surface area contributed by atoms with E-state index in [2.05, 4.69) is 31.3 Å². The summed E-state index contributed by atoms with van der Waals surface area (Å²) in [5.41, 5.74) is 1.23. The van der Waals surface area contributed by atoms with Crippen molar-refractivity contribution in [3.05, 3.63) is 29.8 Å². The number of para-hydroxylation sites is 1. The van der Waals surface area contributed by atoms with E-state index in [0.29, 0.717) is 12.6 Å². The molecule has 1 aromatic carbocycles. The molecule has 0 amide bonds. The number of hydrogen-bond acceptors (Lipinski definition) is 3. The van der Waals surface area contributed by atoms with Gasteiger partial charge in [0.25, 0.3) is 0 Å². The second kappa shape index (κ2) is 8.95. The highest BCUT2D eigenvalue weighted by Crippen LogP contribution is 2.27. The third kappa shape index (κ3) is 4.67. The molecule has 0 aliphatic carbocycles. The first kappa shape index (κ1) is 15.0. The molecule has 0 radical (unpaired) electrons. The number of aliphatic hydroxyl groups is 1. The van der Waals surface area contributed by atoms with Crippen LogP contribution in [0, 0.1) is 0 Å². The maximum absolute atomic E-state index is 8.75. The predicted molar refractivity (Wildman–Crippen MR) is 75.0 cm³/mol. The van der Waals surface area contributed by atoms with Crippen molar-refractivity contribution in [3.8, 4) is 5.75 Å². The lowest BCUT2D eigenvalue weighted by molar-refractivity contribution is 0.251. The van der Waals surface area contributed by atoms with Crippen molar-refractivity contribution in [2.75, 3.05) is 19.8 Å². The van der Waals surface area contributed by atoms with Gasteiger partial charge >= 0.3 is 0 Å². The van der Waals surface area contributed by atoms with Gasteiger partial charge in [0.15, 0.2) is 0 Å². The molecule has 0 aliphatic rings. The molecule has 3 nitrogen and oxygen atoms in total. The van der Waals surface area contributed by atoms with Gasteiger partial charge in [0.05, 0.1) is 6.61 Å². The number of benzene rings is 1. The molecular formula is C15H25NO2. The van der Waals surface area contributed by atoms with Gasteiger partial charge in [-0.15, -0.1) is 0 Å². The van der Waals surface area contributed by atoms with Gasteiger partial charge in [-0.05, 0) is 31.9 Å². The van der Waals surface area contributed by atoms with Gasteiger partial charge in [0, 0.05) is 18.2 Å². The Bertz CT molecular complexity index is 328. The molecule has 0 aromatic heterocycles. The summed E-state index contributed by atoms with van der Waals surface area (Å²) in [6.07, 6.45) is 2.74. The Morgan fingerprint density at radius 2 is 2.00 bits per heavy atom. The van der Waals surface area contributed by atoms with Gasteiger partial charge in [-0.1, -0.05) is 32.0 Å². The third-order valence-electron chi connectivity index (χ3n) is 2.96. The number of ether oxygens (including phenoxy) is 1. The van der Waals surface area contributed by atoms with Crippen LogP contribution in [-0.4, -0.2) is 24.9 Å². The predicted octanol–water partition coefficient (Wildman–Crippen LogP) is 2.90. The van der Waals surface area contributed by atoms with Crippen LogP contribution in [-0.2, 0) is 0 Å². The maximum atomic E-state index is 8.75. The van der Waals surface area contributed by atoms with Crippen molar-refractivity contribution < 1.29 is 9.84 Å². The van der Waals surface area contributed by atoms with Gasteiger partial charge in [-0.25, -0.2) is 0 Å². The van der Waals surface area contributed by atoms with Crippen LogP contribution in [0.5, 0.6) is 5.75 Å². The summed E-state index contributed by atoms with van der Waals surface area (Å²) in [5, 5.41) is 12.2. The van der Waals surface area contributed by atoms with Crippen molar-refractivity contribution in [1.82, 2.24) is 5.32 Å². The Hall–Kier alpha value is -1.06. The van der Waals surface area contributed by atoms with Crippen LogP contribution >= 0.6 is 0 Å². The number of aliphatic hydroxyl groups excluding tert-OH is 1. The van der Waals surface area contributed by atoms with Crippen LogP contribution < -0.4 is 10.1 Å². The minimum atomic E-state index is 0.236. The summed E-state index contributed by atoms with van der Waals surface area (Å²) in [5.74, 6) is 0.961. The van der Waals surface area contributed by atoms with Gasteiger partial charge in [0.2, 0.25) is 0 Å². The topological polar surface area (TPSA) is 41.5 Å². The summed E-state index contributed by atoms with van der Waals surface area (Å²) in [6, 6.07) is 8.55. The van der Waals surface area contributed by atoms with Crippen LogP contribution in [0.25, 0.3) is 0 Å². The van der Waals surface area contributed by atoms with Crippen LogP contribution in [0.4, 0.5) is 0 Å². The van der Waals surface area contributed by atoms with E-state index >= 15 is 0 Å². The zero-order valence-electron chi connectivity index (χ0n) is 11.5. The molecule has 1 aromatic rings. The lowest BCUT2D eigenvalue weighted by atomic mass is 10.0. The summed E-state index contributed by atoms with van der Waals surface area (Å²) in [7, 11) is 0. The zero-order chi connectivity index (χ0) is 13.2. The molecule has 18 heavy (non-hydrogen) atoms. The van der Waals surface area contributed by atoms with E-state index < -0.39 is 0 Å². The average molecular weight is 251 g/mol. The molecule has 0 saturated heterocycles. The number of hydrogen-bond donors (Lipinski definition) is 2. The molecule has 0 saturated carbocycles. The van der Waals surface area contributed by atoms with Crippen molar-refractivity contribution >= 4 is 0 Å². The van der Waals surface area contributed by atoms with Gasteiger partial charge in [-0.3, -0.25) is 0 Å². The minimum Gasteiger partial charge on any atom is -0.493 e. The van der Waals surface area contributed by atoms with E-state index in [0.717, 1.165) is 31.6 Å². The monoisotopic (exact) mass is 251 g/mol. The molecule has 1 rings (SSSR count). The van der Waals surface area contributed by atoms with Gasteiger partial charge < -0.3 is 15.2 Å². The summed E-state index contributed by atoms with van der Waals surface area (Å²) < 4.78 is 5.82. The first-order chi connectivity index (χ1) is 8.83. The SMILES string of the molecule is CCNC(CC)c1ccccc1OCCCCO. The van der Waals surface area contributed by atoms with Crippen LogP contribution in [0.1, 0.15) is 44.7 Å². The lowest BCUT2D eigenvalue weighted by Crippen LogP contribution is -2.20. The number of nitrogens with one attached hydrogen (secondary N) is 1. The van der Waals surface area contributed by atoms with E-state index in [9.17, 15) is 0 Å². The van der Waals surface area contributed by atoms with E-state index in [1.165, 1.54) is 5.56 Å². The van der Waals surface area contributed by atoms with Gasteiger partial charge in [-0.2, -0.15) is 0 Å². The molecule has 0 spiro atoms.